The number of carbonyl (C=O) groups is 2. The number of ether oxygens (including phenoxy) is 2. The van der Waals surface area contributed by atoms with Gasteiger partial charge in [0.05, 0.1) is 5.57 Å². The molecule has 0 radical (unpaired) electrons. The molecule has 0 saturated heterocycles. The van der Waals surface area contributed by atoms with Gasteiger partial charge in [0.1, 0.15) is 5.70 Å². The molecular formula is C20H18N2O4. The van der Waals surface area contributed by atoms with E-state index < -0.39 is 0 Å². The highest BCUT2D eigenvalue weighted by Crippen LogP contribution is 2.36. The van der Waals surface area contributed by atoms with E-state index in [0.29, 0.717) is 34.9 Å². The van der Waals surface area contributed by atoms with Crippen molar-refractivity contribution in [2.45, 2.75) is 13.8 Å². The Labute approximate surface area is 151 Å². The fourth-order valence-corrected chi connectivity index (χ4v) is 3.09. The molecule has 2 aliphatic rings. The topological polar surface area (TPSA) is 67.9 Å². The van der Waals surface area contributed by atoms with Crippen LogP contribution in [-0.4, -0.2) is 30.1 Å². The number of anilines is 1. The molecule has 26 heavy (non-hydrogen) atoms. The summed E-state index contributed by atoms with van der Waals surface area (Å²) < 4.78 is 10.7. The van der Waals surface area contributed by atoms with Crippen LogP contribution in [0.2, 0.25) is 0 Å². The molecule has 0 bridgehead atoms. The zero-order valence-corrected chi connectivity index (χ0v) is 14.5. The lowest BCUT2D eigenvalue weighted by atomic mass is 10.0. The number of fused-ring (bicyclic) bond motifs is 1. The van der Waals surface area contributed by atoms with E-state index in [1.165, 1.54) is 4.90 Å². The van der Waals surface area contributed by atoms with E-state index in [1.54, 1.807) is 25.1 Å². The molecule has 0 atom stereocenters. The van der Waals surface area contributed by atoms with Crippen molar-refractivity contribution in [2.75, 3.05) is 18.7 Å². The summed E-state index contributed by atoms with van der Waals surface area (Å²) in [5.41, 5.74) is 3.12. The Morgan fingerprint density at radius 2 is 1.73 bits per heavy atom. The van der Waals surface area contributed by atoms with Gasteiger partial charge in [-0.2, -0.15) is 0 Å². The zero-order valence-electron chi connectivity index (χ0n) is 14.5. The molecule has 2 aliphatic heterocycles. The predicted molar refractivity (Wildman–Crippen MR) is 96.7 cm³/mol. The maximum atomic E-state index is 12.8. The third kappa shape index (κ3) is 2.60. The summed E-state index contributed by atoms with van der Waals surface area (Å²) in [4.78, 5) is 26.8. The number of likely N-dealkylation sites (N-methyl/N-ethyl adjacent to an activating group) is 1. The Balaban J connectivity index is 1.76. The highest BCUT2D eigenvalue weighted by Gasteiger charge is 2.38. The first-order valence-electron chi connectivity index (χ1n) is 8.42. The van der Waals surface area contributed by atoms with E-state index in [4.69, 9.17) is 9.47 Å². The Morgan fingerprint density at radius 3 is 2.46 bits per heavy atom. The summed E-state index contributed by atoms with van der Waals surface area (Å²) in [6, 6.07) is 12.9. The fraction of sp³-hybridized carbons (Fsp3) is 0.200. The van der Waals surface area contributed by atoms with E-state index in [0.717, 1.165) is 5.56 Å². The van der Waals surface area contributed by atoms with Crippen LogP contribution in [0.5, 0.6) is 11.5 Å². The molecule has 0 aliphatic carbocycles. The molecule has 2 amide bonds. The first-order valence-corrected chi connectivity index (χ1v) is 8.42. The predicted octanol–water partition coefficient (Wildman–Crippen LogP) is 2.94. The lowest BCUT2D eigenvalue weighted by molar-refractivity contribution is -0.136. The van der Waals surface area contributed by atoms with Crippen LogP contribution < -0.4 is 14.8 Å². The van der Waals surface area contributed by atoms with Crippen LogP contribution in [0.3, 0.4) is 0 Å². The smallest absolute Gasteiger partial charge is 0.278 e. The molecular weight excluding hydrogens is 332 g/mol. The average Bonchev–Trinajstić information content (AvgIpc) is 3.19. The SMILES string of the molecule is CCN1C(=O)C(Nc2ccc3c(c2)OCO3)=C(c2ccc(C)cc2)C1=O. The van der Waals surface area contributed by atoms with Gasteiger partial charge in [-0.05, 0) is 31.5 Å². The fourth-order valence-electron chi connectivity index (χ4n) is 3.09. The van der Waals surface area contributed by atoms with Crippen molar-refractivity contribution in [1.82, 2.24) is 4.90 Å². The normalized spacial score (nSPS) is 15.8. The van der Waals surface area contributed by atoms with Crippen LogP contribution in [0, 0.1) is 6.92 Å². The summed E-state index contributed by atoms with van der Waals surface area (Å²) in [7, 11) is 0. The monoisotopic (exact) mass is 350 g/mol. The summed E-state index contributed by atoms with van der Waals surface area (Å²) in [5, 5.41) is 3.11. The van der Waals surface area contributed by atoms with Crippen molar-refractivity contribution in [1.29, 1.82) is 0 Å². The van der Waals surface area contributed by atoms with Gasteiger partial charge < -0.3 is 14.8 Å². The van der Waals surface area contributed by atoms with Crippen LogP contribution in [0.25, 0.3) is 5.57 Å². The first-order chi connectivity index (χ1) is 12.6. The second kappa shape index (κ2) is 6.22. The van der Waals surface area contributed by atoms with Crippen LogP contribution in [0.4, 0.5) is 5.69 Å². The number of rotatable bonds is 4. The van der Waals surface area contributed by atoms with E-state index in [9.17, 15) is 9.59 Å². The summed E-state index contributed by atoms with van der Waals surface area (Å²) >= 11 is 0. The third-order valence-electron chi connectivity index (χ3n) is 4.47. The van der Waals surface area contributed by atoms with Gasteiger partial charge in [-0.15, -0.1) is 0 Å². The van der Waals surface area contributed by atoms with Gasteiger partial charge in [0.2, 0.25) is 6.79 Å². The number of amides is 2. The molecule has 2 aromatic rings. The minimum Gasteiger partial charge on any atom is -0.454 e. The number of benzene rings is 2. The number of hydrogen-bond donors (Lipinski definition) is 1. The summed E-state index contributed by atoms with van der Waals surface area (Å²) in [6.45, 7) is 4.26. The van der Waals surface area contributed by atoms with Crippen molar-refractivity contribution in [3.05, 3.63) is 59.3 Å². The maximum Gasteiger partial charge on any atom is 0.278 e. The Bertz CT molecular complexity index is 931. The highest BCUT2D eigenvalue weighted by molar-refractivity contribution is 6.36. The van der Waals surface area contributed by atoms with Crippen LogP contribution in [0.1, 0.15) is 18.1 Å². The van der Waals surface area contributed by atoms with E-state index in [2.05, 4.69) is 5.32 Å². The van der Waals surface area contributed by atoms with Gasteiger partial charge in [-0.25, -0.2) is 0 Å². The molecule has 0 aromatic heterocycles. The second-order valence-electron chi connectivity index (χ2n) is 6.16. The van der Waals surface area contributed by atoms with Crippen molar-refractivity contribution in [3.63, 3.8) is 0 Å². The minimum atomic E-state index is -0.328. The largest absolute Gasteiger partial charge is 0.454 e. The standard InChI is InChI=1S/C20H18N2O4/c1-3-22-19(23)17(13-6-4-12(2)5-7-13)18(20(22)24)21-14-8-9-15-16(10-14)26-11-25-15/h4-10,21H,3,11H2,1-2H3. The minimum absolute atomic E-state index is 0.178. The molecule has 0 spiro atoms. The number of carbonyl (C=O) groups excluding carboxylic acids is 2. The molecule has 6 nitrogen and oxygen atoms in total. The Hall–Kier alpha value is -3.28. The van der Waals surface area contributed by atoms with E-state index in [1.807, 2.05) is 31.2 Å². The molecule has 2 heterocycles. The van der Waals surface area contributed by atoms with Crippen LogP contribution >= 0.6 is 0 Å². The molecule has 0 fully saturated rings. The van der Waals surface area contributed by atoms with Gasteiger partial charge in [0, 0.05) is 18.3 Å². The van der Waals surface area contributed by atoms with Gasteiger partial charge in [-0.3, -0.25) is 14.5 Å². The quantitative estimate of drug-likeness (QED) is 0.859. The molecule has 132 valence electrons. The third-order valence-corrected chi connectivity index (χ3v) is 4.47. The second-order valence-corrected chi connectivity index (χ2v) is 6.16. The van der Waals surface area contributed by atoms with Crippen molar-refractivity contribution in [2.24, 2.45) is 0 Å². The van der Waals surface area contributed by atoms with Crippen molar-refractivity contribution >= 4 is 23.1 Å². The molecule has 0 saturated carbocycles. The number of nitrogens with zero attached hydrogens (tertiary/aromatic N) is 1. The molecule has 2 aromatic carbocycles. The summed E-state index contributed by atoms with van der Waals surface area (Å²) in [6.07, 6.45) is 0. The Morgan fingerprint density at radius 1 is 1.00 bits per heavy atom. The van der Waals surface area contributed by atoms with Crippen LogP contribution in [0.15, 0.2) is 48.2 Å². The average molecular weight is 350 g/mol. The molecule has 0 unspecified atom stereocenters. The van der Waals surface area contributed by atoms with Gasteiger partial charge in [0.25, 0.3) is 11.8 Å². The number of imide groups is 1. The van der Waals surface area contributed by atoms with E-state index in [-0.39, 0.29) is 24.3 Å². The number of aryl methyl sites for hydroxylation is 1. The first kappa shape index (κ1) is 16.2. The molecule has 1 N–H and O–H groups in total. The lowest BCUT2D eigenvalue weighted by Crippen LogP contribution is -2.32. The highest BCUT2D eigenvalue weighted by atomic mass is 16.7. The summed E-state index contributed by atoms with van der Waals surface area (Å²) in [5.74, 6) is 0.652. The van der Waals surface area contributed by atoms with Crippen molar-refractivity contribution < 1.29 is 19.1 Å². The molecule has 6 heteroatoms. The number of hydrogen-bond acceptors (Lipinski definition) is 5. The number of nitrogens with one attached hydrogen (secondary N) is 1. The Kier molecular flexibility index (Phi) is 3.88. The van der Waals surface area contributed by atoms with Gasteiger partial charge in [-0.1, -0.05) is 29.8 Å². The van der Waals surface area contributed by atoms with Gasteiger partial charge in [0.15, 0.2) is 11.5 Å². The van der Waals surface area contributed by atoms with Crippen molar-refractivity contribution in [3.8, 4) is 11.5 Å². The van der Waals surface area contributed by atoms with Crippen LogP contribution in [-0.2, 0) is 9.59 Å². The maximum absolute atomic E-state index is 12.8. The molecule has 4 rings (SSSR count). The van der Waals surface area contributed by atoms with E-state index >= 15 is 0 Å². The zero-order chi connectivity index (χ0) is 18.3. The van der Waals surface area contributed by atoms with Gasteiger partial charge >= 0.3 is 0 Å². The lowest BCUT2D eigenvalue weighted by Gasteiger charge is -2.12.